The lowest BCUT2D eigenvalue weighted by molar-refractivity contribution is -0.117. The lowest BCUT2D eigenvalue weighted by Gasteiger charge is -2.33. The van der Waals surface area contributed by atoms with Gasteiger partial charge in [-0.25, -0.2) is 4.68 Å². The van der Waals surface area contributed by atoms with Crippen molar-refractivity contribution in [2.45, 2.75) is 19.3 Å². The molecule has 3 rings (SSSR count). The molecule has 1 saturated heterocycles. The standard InChI is InChI=1S/C20H26N4O4/c1-23-20(26)10-15(12-21-23)24-8-4-5-14(13-24)9-19(25)22-17-11-16(27-2)6-7-18(17)28-3/h6-7,10-12,14H,4-5,8-9,13H2,1-3H3,(H,22,25). The van der Waals surface area contributed by atoms with Gasteiger partial charge in [0.25, 0.3) is 5.56 Å². The molecule has 0 aliphatic carbocycles. The van der Waals surface area contributed by atoms with Gasteiger partial charge in [0.15, 0.2) is 0 Å². The van der Waals surface area contributed by atoms with E-state index in [1.165, 1.54) is 4.68 Å². The molecule has 0 spiro atoms. The molecule has 1 atom stereocenters. The van der Waals surface area contributed by atoms with E-state index in [4.69, 9.17) is 9.47 Å². The van der Waals surface area contributed by atoms with Crippen LogP contribution in [-0.4, -0.2) is 43.0 Å². The highest BCUT2D eigenvalue weighted by atomic mass is 16.5. The number of hydrogen-bond acceptors (Lipinski definition) is 6. The number of methoxy groups -OCH3 is 2. The van der Waals surface area contributed by atoms with Gasteiger partial charge < -0.3 is 19.7 Å². The monoisotopic (exact) mass is 386 g/mol. The second-order valence-electron chi connectivity index (χ2n) is 6.95. The fraction of sp³-hybridized carbons (Fsp3) is 0.450. The number of carbonyl (C=O) groups is 1. The molecule has 1 aliphatic rings. The van der Waals surface area contributed by atoms with Crippen molar-refractivity contribution in [1.29, 1.82) is 0 Å². The van der Waals surface area contributed by atoms with Crippen LogP contribution in [0.2, 0.25) is 0 Å². The average molecular weight is 386 g/mol. The predicted octanol–water partition coefficient (Wildman–Crippen LogP) is 2.04. The molecule has 2 heterocycles. The van der Waals surface area contributed by atoms with Gasteiger partial charge in [-0.1, -0.05) is 0 Å². The number of ether oxygens (including phenoxy) is 2. The molecule has 1 N–H and O–H groups in total. The van der Waals surface area contributed by atoms with Gasteiger partial charge in [0.1, 0.15) is 11.5 Å². The zero-order valence-corrected chi connectivity index (χ0v) is 16.5. The Morgan fingerprint density at radius 2 is 2.11 bits per heavy atom. The van der Waals surface area contributed by atoms with Gasteiger partial charge in [-0.05, 0) is 30.9 Å². The number of nitrogens with zero attached hydrogens (tertiary/aromatic N) is 3. The van der Waals surface area contributed by atoms with Gasteiger partial charge in [0, 0.05) is 38.7 Å². The third-order valence-electron chi connectivity index (χ3n) is 4.99. The summed E-state index contributed by atoms with van der Waals surface area (Å²) in [5.74, 6) is 1.37. The molecule has 1 aliphatic heterocycles. The van der Waals surface area contributed by atoms with E-state index in [-0.39, 0.29) is 17.4 Å². The number of nitrogens with one attached hydrogen (secondary N) is 1. The Balaban J connectivity index is 1.64. The molecule has 0 radical (unpaired) electrons. The van der Waals surface area contributed by atoms with E-state index in [2.05, 4.69) is 15.3 Å². The van der Waals surface area contributed by atoms with Crippen molar-refractivity contribution < 1.29 is 14.3 Å². The number of carbonyl (C=O) groups excluding carboxylic acids is 1. The number of piperidine rings is 1. The maximum absolute atomic E-state index is 12.6. The Morgan fingerprint density at radius 3 is 2.82 bits per heavy atom. The number of hydrogen-bond donors (Lipinski definition) is 1. The van der Waals surface area contributed by atoms with Crippen LogP contribution in [0.1, 0.15) is 19.3 Å². The summed E-state index contributed by atoms with van der Waals surface area (Å²) in [4.78, 5) is 26.6. The summed E-state index contributed by atoms with van der Waals surface area (Å²) >= 11 is 0. The summed E-state index contributed by atoms with van der Waals surface area (Å²) in [6.45, 7) is 1.58. The molecule has 1 aromatic carbocycles. The Bertz CT molecular complexity index is 896. The Morgan fingerprint density at radius 1 is 1.29 bits per heavy atom. The van der Waals surface area contributed by atoms with E-state index in [1.807, 2.05) is 0 Å². The van der Waals surface area contributed by atoms with Crippen molar-refractivity contribution in [2.75, 3.05) is 37.5 Å². The average Bonchev–Trinajstić information content (AvgIpc) is 2.70. The van der Waals surface area contributed by atoms with E-state index in [1.54, 1.807) is 51.7 Å². The molecule has 150 valence electrons. The number of aryl methyl sites for hydroxylation is 1. The van der Waals surface area contributed by atoms with Crippen LogP contribution in [0, 0.1) is 5.92 Å². The van der Waals surface area contributed by atoms with Crippen molar-refractivity contribution in [1.82, 2.24) is 9.78 Å². The number of rotatable bonds is 6. The van der Waals surface area contributed by atoms with Gasteiger partial charge in [0.2, 0.25) is 5.91 Å². The summed E-state index contributed by atoms with van der Waals surface area (Å²) in [5, 5.41) is 7.02. The van der Waals surface area contributed by atoms with E-state index in [9.17, 15) is 9.59 Å². The Kier molecular flexibility index (Phi) is 6.18. The van der Waals surface area contributed by atoms with Crippen molar-refractivity contribution in [3.8, 4) is 11.5 Å². The molecule has 1 fully saturated rings. The SMILES string of the molecule is COc1ccc(OC)c(NC(=O)CC2CCCN(c3cnn(C)c(=O)c3)C2)c1. The van der Waals surface area contributed by atoms with Gasteiger partial charge in [-0.15, -0.1) is 0 Å². The highest BCUT2D eigenvalue weighted by molar-refractivity contribution is 5.92. The third-order valence-corrected chi connectivity index (χ3v) is 4.99. The zero-order valence-electron chi connectivity index (χ0n) is 16.5. The molecule has 8 nitrogen and oxygen atoms in total. The second kappa shape index (κ2) is 8.77. The minimum Gasteiger partial charge on any atom is -0.497 e. The molecule has 8 heteroatoms. The first-order valence-corrected chi connectivity index (χ1v) is 9.30. The molecule has 2 aromatic rings. The molecule has 28 heavy (non-hydrogen) atoms. The third kappa shape index (κ3) is 4.62. The summed E-state index contributed by atoms with van der Waals surface area (Å²) in [6.07, 6.45) is 4.03. The van der Waals surface area contributed by atoms with Gasteiger partial charge in [-0.2, -0.15) is 5.10 Å². The van der Waals surface area contributed by atoms with Crippen LogP contribution in [0.15, 0.2) is 35.3 Å². The Labute approximate surface area is 164 Å². The van der Waals surface area contributed by atoms with Crippen LogP contribution in [0.25, 0.3) is 0 Å². The molecule has 1 unspecified atom stereocenters. The van der Waals surface area contributed by atoms with Crippen molar-refractivity contribution in [3.63, 3.8) is 0 Å². The number of amides is 1. The van der Waals surface area contributed by atoms with Crippen molar-refractivity contribution >= 4 is 17.3 Å². The number of anilines is 2. The zero-order chi connectivity index (χ0) is 20.1. The molecule has 0 saturated carbocycles. The van der Waals surface area contributed by atoms with Crippen LogP contribution in [-0.2, 0) is 11.8 Å². The van der Waals surface area contributed by atoms with Crippen LogP contribution < -0.4 is 25.2 Å². The molecule has 1 amide bonds. The largest absolute Gasteiger partial charge is 0.497 e. The van der Waals surface area contributed by atoms with Crippen LogP contribution in [0.3, 0.4) is 0 Å². The fourth-order valence-corrected chi connectivity index (χ4v) is 3.47. The highest BCUT2D eigenvalue weighted by Crippen LogP contribution is 2.30. The highest BCUT2D eigenvalue weighted by Gasteiger charge is 2.23. The lowest BCUT2D eigenvalue weighted by Crippen LogP contribution is -2.38. The smallest absolute Gasteiger partial charge is 0.268 e. The van der Waals surface area contributed by atoms with Crippen LogP contribution in [0.5, 0.6) is 11.5 Å². The number of aromatic nitrogens is 2. The fourth-order valence-electron chi connectivity index (χ4n) is 3.47. The summed E-state index contributed by atoms with van der Waals surface area (Å²) in [6, 6.07) is 6.89. The quantitative estimate of drug-likeness (QED) is 0.818. The topological polar surface area (TPSA) is 85.7 Å². The second-order valence-corrected chi connectivity index (χ2v) is 6.95. The van der Waals surface area contributed by atoms with Crippen molar-refractivity contribution in [3.05, 3.63) is 40.8 Å². The summed E-state index contributed by atoms with van der Waals surface area (Å²) in [5.41, 5.74) is 1.26. The lowest BCUT2D eigenvalue weighted by atomic mass is 9.94. The first-order valence-electron chi connectivity index (χ1n) is 9.30. The molecule has 1 aromatic heterocycles. The van der Waals surface area contributed by atoms with Crippen LogP contribution in [0.4, 0.5) is 11.4 Å². The molecular formula is C20H26N4O4. The predicted molar refractivity (Wildman–Crippen MR) is 107 cm³/mol. The first kappa shape index (κ1) is 19.7. The van der Waals surface area contributed by atoms with E-state index in [0.29, 0.717) is 23.6 Å². The summed E-state index contributed by atoms with van der Waals surface area (Å²) < 4.78 is 11.8. The molecule has 0 bridgehead atoms. The minimum absolute atomic E-state index is 0.0690. The van der Waals surface area contributed by atoms with E-state index >= 15 is 0 Å². The molecular weight excluding hydrogens is 360 g/mol. The van der Waals surface area contributed by atoms with E-state index < -0.39 is 0 Å². The normalized spacial score (nSPS) is 16.5. The van der Waals surface area contributed by atoms with Gasteiger partial charge >= 0.3 is 0 Å². The maximum atomic E-state index is 12.6. The Hall–Kier alpha value is -3.03. The van der Waals surface area contributed by atoms with E-state index in [0.717, 1.165) is 31.6 Å². The van der Waals surface area contributed by atoms with Gasteiger partial charge in [-0.3, -0.25) is 9.59 Å². The van der Waals surface area contributed by atoms with Crippen LogP contribution >= 0.6 is 0 Å². The minimum atomic E-state index is -0.137. The number of benzene rings is 1. The maximum Gasteiger partial charge on any atom is 0.268 e. The van der Waals surface area contributed by atoms with Gasteiger partial charge in [0.05, 0.1) is 31.8 Å². The summed E-state index contributed by atoms with van der Waals surface area (Å²) in [7, 11) is 4.77. The first-order chi connectivity index (χ1) is 13.5. The van der Waals surface area contributed by atoms with Crippen molar-refractivity contribution in [2.24, 2.45) is 13.0 Å².